The Morgan fingerprint density at radius 2 is 1.76 bits per heavy atom. The average Bonchev–Trinajstić information content (AvgIpc) is 3.27. The summed E-state index contributed by atoms with van der Waals surface area (Å²) in [6.07, 6.45) is 8.26. The monoisotopic (exact) mass is 342 g/mol. The number of amides is 3. The molecule has 3 aliphatic heterocycles. The normalized spacial score (nSPS) is 23.9. The van der Waals surface area contributed by atoms with Crippen molar-refractivity contribution >= 4 is 17.6 Å². The first-order valence-corrected chi connectivity index (χ1v) is 9.45. The number of anilines is 1. The molecule has 3 amide bonds. The van der Waals surface area contributed by atoms with Crippen molar-refractivity contribution in [2.45, 2.75) is 45.1 Å². The van der Waals surface area contributed by atoms with Crippen LogP contribution in [0.3, 0.4) is 0 Å². The van der Waals surface area contributed by atoms with Crippen LogP contribution in [-0.4, -0.2) is 58.9 Å². The number of likely N-dealkylation sites (tertiary alicyclic amines) is 2. The van der Waals surface area contributed by atoms with Crippen molar-refractivity contribution in [3.63, 3.8) is 0 Å². The van der Waals surface area contributed by atoms with Gasteiger partial charge in [-0.05, 0) is 50.7 Å². The van der Waals surface area contributed by atoms with Gasteiger partial charge in [-0.2, -0.15) is 0 Å². The third-order valence-corrected chi connectivity index (χ3v) is 5.82. The quantitative estimate of drug-likeness (QED) is 0.787. The molecular formula is C19H26N4O2. The van der Waals surface area contributed by atoms with E-state index in [9.17, 15) is 9.59 Å². The molecule has 1 unspecified atom stereocenters. The number of aromatic nitrogens is 1. The van der Waals surface area contributed by atoms with Crippen LogP contribution in [-0.2, 0) is 11.2 Å². The molecule has 25 heavy (non-hydrogen) atoms. The molecule has 4 heterocycles. The number of urea groups is 1. The summed E-state index contributed by atoms with van der Waals surface area (Å²) in [5, 5.41) is 0. The molecule has 6 nitrogen and oxygen atoms in total. The van der Waals surface area contributed by atoms with Crippen LogP contribution in [0, 0.1) is 5.92 Å². The largest absolute Gasteiger partial charge is 0.325 e. The maximum atomic E-state index is 13.1. The molecule has 1 aromatic rings. The summed E-state index contributed by atoms with van der Waals surface area (Å²) in [6.45, 7) is 5.25. The smallest absolute Gasteiger partial charge is 0.319 e. The van der Waals surface area contributed by atoms with Crippen LogP contribution in [0.1, 0.15) is 38.2 Å². The number of hydrogen-bond acceptors (Lipinski definition) is 3. The Kier molecular flexibility index (Phi) is 4.36. The van der Waals surface area contributed by atoms with Crippen LogP contribution in [0.15, 0.2) is 18.5 Å². The fourth-order valence-corrected chi connectivity index (χ4v) is 4.42. The van der Waals surface area contributed by atoms with Gasteiger partial charge in [0.1, 0.15) is 0 Å². The second-order valence-corrected chi connectivity index (χ2v) is 7.50. The first kappa shape index (κ1) is 16.4. The SMILES string of the molecule is CC1Cc2cnccc2N1C(=O)C1CCN(C(=O)N2CCCC2)CC1. The highest BCUT2D eigenvalue weighted by Crippen LogP contribution is 2.34. The fourth-order valence-electron chi connectivity index (χ4n) is 4.42. The molecule has 1 atom stereocenters. The highest BCUT2D eigenvalue weighted by molar-refractivity contribution is 5.97. The van der Waals surface area contributed by atoms with Crippen molar-refractivity contribution in [2.75, 3.05) is 31.1 Å². The summed E-state index contributed by atoms with van der Waals surface area (Å²) in [5.74, 6) is 0.231. The van der Waals surface area contributed by atoms with Crippen LogP contribution in [0.5, 0.6) is 0 Å². The number of carbonyl (C=O) groups excluding carboxylic acids is 2. The van der Waals surface area contributed by atoms with E-state index in [1.54, 1.807) is 6.20 Å². The van der Waals surface area contributed by atoms with Gasteiger partial charge in [-0.3, -0.25) is 9.78 Å². The molecule has 0 radical (unpaired) electrons. The van der Waals surface area contributed by atoms with Crippen LogP contribution in [0.25, 0.3) is 0 Å². The van der Waals surface area contributed by atoms with Gasteiger partial charge in [0, 0.05) is 50.5 Å². The van der Waals surface area contributed by atoms with Crippen molar-refractivity contribution in [1.82, 2.24) is 14.8 Å². The van der Waals surface area contributed by atoms with E-state index in [0.29, 0.717) is 13.1 Å². The molecule has 0 spiro atoms. The lowest BCUT2D eigenvalue weighted by Crippen LogP contribution is -2.49. The lowest BCUT2D eigenvalue weighted by molar-refractivity contribution is -0.123. The third-order valence-electron chi connectivity index (χ3n) is 5.82. The Morgan fingerprint density at radius 3 is 2.48 bits per heavy atom. The molecule has 0 saturated carbocycles. The maximum absolute atomic E-state index is 13.1. The van der Waals surface area contributed by atoms with Gasteiger partial charge >= 0.3 is 6.03 Å². The van der Waals surface area contributed by atoms with Crippen molar-refractivity contribution in [1.29, 1.82) is 0 Å². The molecule has 134 valence electrons. The number of rotatable bonds is 1. The fraction of sp³-hybridized carbons (Fsp3) is 0.632. The summed E-state index contributed by atoms with van der Waals surface area (Å²) in [4.78, 5) is 35.6. The second-order valence-electron chi connectivity index (χ2n) is 7.50. The molecule has 2 saturated heterocycles. The van der Waals surface area contributed by atoms with Crippen LogP contribution in [0.2, 0.25) is 0 Å². The summed E-state index contributed by atoms with van der Waals surface area (Å²) < 4.78 is 0. The molecular weight excluding hydrogens is 316 g/mol. The van der Waals surface area contributed by atoms with Gasteiger partial charge in [0.05, 0.1) is 5.69 Å². The molecule has 4 rings (SSSR count). The second kappa shape index (κ2) is 6.65. The summed E-state index contributed by atoms with van der Waals surface area (Å²) >= 11 is 0. The summed E-state index contributed by atoms with van der Waals surface area (Å²) in [6, 6.07) is 2.30. The van der Waals surface area contributed by atoms with Gasteiger partial charge in [-0.1, -0.05) is 0 Å². The summed E-state index contributed by atoms with van der Waals surface area (Å²) in [5.41, 5.74) is 2.17. The summed E-state index contributed by atoms with van der Waals surface area (Å²) in [7, 11) is 0. The van der Waals surface area contributed by atoms with Crippen LogP contribution < -0.4 is 4.90 Å². The van der Waals surface area contributed by atoms with Gasteiger partial charge in [-0.25, -0.2) is 4.79 Å². The molecule has 1 aromatic heterocycles. The Labute approximate surface area is 148 Å². The molecule has 0 N–H and O–H groups in total. The van der Waals surface area contributed by atoms with Crippen LogP contribution >= 0.6 is 0 Å². The van der Waals surface area contributed by atoms with E-state index >= 15 is 0 Å². The van der Waals surface area contributed by atoms with Gasteiger partial charge in [0.25, 0.3) is 0 Å². The molecule has 6 heteroatoms. The van der Waals surface area contributed by atoms with Crippen molar-refractivity contribution in [3.05, 3.63) is 24.0 Å². The van der Waals surface area contributed by atoms with Gasteiger partial charge in [0.15, 0.2) is 0 Å². The predicted octanol–water partition coefficient (Wildman–Crippen LogP) is 2.29. The molecule has 0 aliphatic carbocycles. The Morgan fingerprint density at radius 1 is 1.08 bits per heavy atom. The van der Waals surface area contributed by atoms with Gasteiger partial charge in [-0.15, -0.1) is 0 Å². The third kappa shape index (κ3) is 2.98. The molecule has 0 bridgehead atoms. The van der Waals surface area contributed by atoms with E-state index in [1.807, 2.05) is 27.0 Å². The topological polar surface area (TPSA) is 56.8 Å². The van der Waals surface area contributed by atoms with E-state index in [1.165, 1.54) is 0 Å². The Balaban J connectivity index is 1.39. The minimum absolute atomic E-state index is 0.0178. The molecule has 3 aliphatic rings. The minimum Gasteiger partial charge on any atom is -0.325 e. The maximum Gasteiger partial charge on any atom is 0.319 e. The van der Waals surface area contributed by atoms with E-state index in [2.05, 4.69) is 11.9 Å². The first-order chi connectivity index (χ1) is 12.1. The predicted molar refractivity (Wildman–Crippen MR) is 95.4 cm³/mol. The van der Waals surface area contributed by atoms with Crippen molar-refractivity contribution in [3.8, 4) is 0 Å². The van der Waals surface area contributed by atoms with E-state index in [0.717, 1.165) is 56.4 Å². The zero-order chi connectivity index (χ0) is 17.4. The lowest BCUT2D eigenvalue weighted by Gasteiger charge is -2.36. The standard InChI is InChI=1S/C19H26N4O2/c1-14-12-16-13-20-7-4-17(16)23(14)18(24)15-5-10-22(11-6-15)19(25)21-8-2-3-9-21/h4,7,13-15H,2-3,5-6,8-12H2,1H3. The zero-order valence-electron chi connectivity index (χ0n) is 14.9. The highest BCUT2D eigenvalue weighted by Gasteiger charge is 2.37. The number of nitrogens with zero attached hydrogens (tertiary/aromatic N) is 4. The molecule has 0 aromatic carbocycles. The number of hydrogen-bond donors (Lipinski definition) is 0. The number of pyridine rings is 1. The average molecular weight is 342 g/mol. The Bertz CT molecular complexity index is 663. The number of piperidine rings is 1. The van der Waals surface area contributed by atoms with Gasteiger partial charge in [0.2, 0.25) is 5.91 Å². The number of carbonyl (C=O) groups is 2. The molecule has 2 fully saturated rings. The van der Waals surface area contributed by atoms with Gasteiger partial charge < -0.3 is 14.7 Å². The van der Waals surface area contributed by atoms with Crippen molar-refractivity contribution < 1.29 is 9.59 Å². The highest BCUT2D eigenvalue weighted by atomic mass is 16.2. The van der Waals surface area contributed by atoms with E-state index in [4.69, 9.17) is 0 Å². The van der Waals surface area contributed by atoms with E-state index in [-0.39, 0.29) is 23.9 Å². The van der Waals surface area contributed by atoms with E-state index < -0.39 is 0 Å². The number of fused-ring (bicyclic) bond motifs is 1. The first-order valence-electron chi connectivity index (χ1n) is 9.45. The minimum atomic E-state index is 0.0178. The van der Waals surface area contributed by atoms with Crippen LogP contribution in [0.4, 0.5) is 10.5 Å². The Hall–Kier alpha value is -2.11. The zero-order valence-corrected chi connectivity index (χ0v) is 14.9. The lowest BCUT2D eigenvalue weighted by atomic mass is 9.95. The van der Waals surface area contributed by atoms with Crippen molar-refractivity contribution in [2.24, 2.45) is 5.92 Å².